The molecule has 0 atom stereocenters. The first-order valence-electron chi connectivity index (χ1n) is 4.40. The van der Waals surface area contributed by atoms with Crippen molar-refractivity contribution in [3.05, 3.63) is 29.8 Å². The largest absolute Gasteiger partial charge is 0.362 e. The van der Waals surface area contributed by atoms with Crippen LogP contribution in [0.3, 0.4) is 0 Å². The minimum absolute atomic E-state index is 0.660. The SMILES string of the molecule is Cc1cc(NCc2ccn(C)n2)no1. The zero-order valence-corrected chi connectivity index (χ0v) is 8.19. The highest BCUT2D eigenvalue weighted by molar-refractivity contribution is 5.33. The van der Waals surface area contributed by atoms with Crippen molar-refractivity contribution in [2.24, 2.45) is 7.05 Å². The summed E-state index contributed by atoms with van der Waals surface area (Å²) in [5, 5.41) is 11.2. The molecular formula is C9H12N4O. The number of hydrogen-bond donors (Lipinski definition) is 1. The third-order valence-electron chi connectivity index (χ3n) is 1.85. The number of nitrogens with one attached hydrogen (secondary N) is 1. The van der Waals surface area contributed by atoms with Crippen molar-refractivity contribution in [1.82, 2.24) is 14.9 Å². The molecule has 2 rings (SSSR count). The smallest absolute Gasteiger partial charge is 0.169 e. The monoisotopic (exact) mass is 192 g/mol. The minimum atomic E-state index is 0.660. The summed E-state index contributed by atoms with van der Waals surface area (Å²) in [5.74, 6) is 1.54. The molecule has 0 saturated carbocycles. The fourth-order valence-corrected chi connectivity index (χ4v) is 1.19. The van der Waals surface area contributed by atoms with Gasteiger partial charge in [-0.05, 0) is 13.0 Å². The Balaban J connectivity index is 1.94. The molecule has 5 heteroatoms. The summed E-state index contributed by atoms with van der Waals surface area (Å²) >= 11 is 0. The second-order valence-corrected chi connectivity index (χ2v) is 3.16. The molecule has 2 heterocycles. The Bertz CT molecular complexity index is 378. The highest BCUT2D eigenvalue weighted by atomic mass is 16.5. The second kappa shape index (κ2) is 3.53. The Labute approximate surface area is 81.7 Å². The van der Waals surface area contributed by atoms with Crippen LogP contribution < -0.4 is 5.32 Å². The Kier molecular flexibility index (Phi) is 2.22. The standard InChI is InChI=1S/C9H12N4O/c1-7-5-9(12-14-7)10-6-8-3-4-13(2)11-8/h3-5H,6H2,1-2H3,(H,10,12). The molecule has 0 spiro atoms. The van der Waals surface area contributed by atoms with Crippen LogP contribution in [-0.4, -0.2) is 14.9 Å². The van der Waals surface area contributed by atoms with Gasteiger partial charge < -0.3 is 9.84 Å². The van der Waals surface area contributed by atoms with Gasteiger partial charge in [-0.15, -0.1) is 0 Å². The van der Waals surface area contributed by atoms with Crippen LogP contribution in [0.4, 0.5) is 5.82 Å². The van der Waals surface area contributed by atoms with Crippen LogP contribution in [0.2, 0.25) is 0 Å². The van der Waals surface area contributed by atoms with Crippen LogP contribution in [0, 0.1) is 6.92 Å². The topological polar surface area (TPSA) is 55.9 Å². The molecule has 0 aliphatic carbocycles. The number of hydrogen-bond acceptors (Lipinski definition) is 4. The summed E-state index contributed by atoms with van der Waals surface area (Å²) in [5.41, 5.74) is 0.980. The van der Waals surface area contributed by atoms with Gasteiger partial charge in [0.25, 0.3) is 0 Å². The third kappa shape index (κ3) is 1.93. The van der Waals surface area contributed by atoms with Gasteiger partial charge in [-0.1, -0.05) is 5.16 Å². The van der Waals surface area contributed by atoms with E-state index in [1.807, 2.05) is 32.3 Å². The predicted octanol–water partition coefficient (Wildman–Crippen LogP) is 1.33. The normalized spacial score (nSPS) is 10.4. The Morgan fingerprint density at radius 1 is 1.57 bits per heavy atom. The van der Waals surface area contributed by atoms with E-state index in [4.69, 9.17) is 4.52 Å². The van der Waals surface area contributed by atoms with Crippen molar-refractivity contribution >= 4 is 5.82 Å². The van der Waals surface area contributed by atoms with Gasteiger partial charge in [0.1, 0.15) is 5.76 Å². The zero-order valence-electron chi connectivity index (χ0n) is 8.19. The summed E-state index contributed by atoms with van der Waals surface area (Å²) in [6, 6.07) is 3.81. The van der Waals surface area contributed by atoms with Crippen molar-refractivity contribution in [3.8, 4) is 0 Å². The molecule has 0 aliphatic rings. The molecule has 0 radical (unpaired) electrons. The van der Waals surface area contributed by atoms with E-state index in [0.717, 1.165) is 17.3 Å². The van der Waals surface area contributed by atoms with Gasteiger partial charge in [-0.2, -0.15) is 5.10 Å². The van der Waals surface area contributed by atoms with Gasteiger partial charge in [-0.3, -0.25) is 4.68 Å². The van der Waals surface area contributed by atoms with E-state index >= 15 is 0 Å². The maximum absolute atomic E-state index is 4.92. The van der Waals surface area contributed by atoms with Crippen LogP contribution >= 0.6 is 0 Å². The first-order valence-corrected chi connectivity index (χ1v) is 4.40. The number of nitrogens with zero attached hydrogens (tertiary/aromatic N) is 3. The lowest BCUT2D eigenvalue weighted by Gasteiger charge is -1.97. The van der Waals surface area contributed by atoms with Crippen LogP contribution in [-0.2, 0) is 13.6 Å². The Hall–Kier alpha value is -1.78. The molecule has 0 fully saturated rings. The van der Waals surface area contributed by atoms with Crippen molar-refractivity contribution < 1.29 is 4.52 Å². The number of aromatic nitrogens is 3. The van der Waals surface area contributed by atoms with Gasteiger partial charge in [-0.25, -0.2) is 0 Å². The Morgan fingerprint density at radius 3 is 3.00 bits per heavy atom. The molecule has 1 N–H and O–H groups in total. The van der Waals surface area contributed by atoms with E-state index in [0.29, 0.717) is 6.54 Å². The first-order chi connectivity index (χ1) is 6.74. The van der Waals surface area contributed by atoms with Crippen molar-refractivity contribution in [2.75, 3.05) is 5.32 Å². The molecule has 0 aliphatic heterocycles. The fraction of sp³-hybridized carbons (Fsp3) is 0.333. The van der Waals surface area contributed by atoms with E-state index in [1.54, 1.807) is 4.68 Å². The molecule has 2 aromatic rings. The van der Waals surface area contributed by atoms with E-state index in [2.05, 4.69) is 15.6 Å². The minimum Gasteiger partial charge on any atom is -0.362 e. The maximum Gasteiger partial charge on any atom is 0.169 e. The first kappa shape index (κ1) is 8.80. The van der Waals surface area contributed by atoms with Crippen LogP contribution in [0.25, 0.3) is 0 Å². The number of rotatable bonds is 3. The lowest BCUT2D eigenvalue weighted by molar-refractivity contribution is 0.399. The zero-order chi connectivity index (χ0) is 9.97. The van der Waals surface area contributed by atoms with Crippen LogP contribution in [0.1, 0.15) is 11.5 Å². The molecule has 2 aromatic heterocycles. The van der Waals surface area contributed by atoms with Crippen LogP contribution in [0.15, 0.2) is 22.9 Å². The molecule has 0 bridgehead atoms. The van der Waals surface area contributed by atoms with Crippen LogP contribution in [0.5, 0.6) is 0 Å². The summed E-state index contributed by atoms with van der Waals surface area (Å²) in [4.78, 5) is 0. The van der Waals surface area contributed by atoms with Crippen molar-refractivity contribution in [2.45, 2.75) is 13.5 Å². The summed E-state index contributed by atoms with van der Waals surface area (Å²) < 4.78 is 6.69. The molecule has 74 valence electrons. The average Bonchev–Trinajstić information content (AvgIpc) is 2.72. The molecule has 0 aromatic carbocycles. The quantitative estimate of drug-likeness (QED) is 0.797. The molecular weight excluding hydrogens is 180 g/mol. The van der Waals surface area contributed by atoms with E-state index in [9.17, 15) is 0 Å². The maximum atomic E-state index is 4.92. The molecule has 0 amide bonds. The predicted molar refractivity (Wildman–Crippen MR) is 51.8 cm³/mol. The van der Waals surface area contributed by atoms with E-state index in [1.165, 1.54) is 0 Å². The van der Waals surface area contributed by atoms with Gasteiger partial charge >= 0.3 is 0 Å². The molecule has 0 unspecified atom stereocenters. The highest BCUT2D eigenvalue weighted by Crippen LogP contribution is 2.08. The van der Waals surface area contributed by atoms with Gasteiger partial charge in [0.15, 0.2) is 5.82 Å². The van der Waals surface area contributed by atoms with E-state index in [-0.39, 0.29) is 0 Å². The molecule has 0 saturated heterocycles. The van der Waals surface area contributed by atoms with Crippen molar-refractivity contribution in [3.63, 3.8) is 0 Å². The lowest BCUT2D eigenvalue weighted by atomic mass is 10.4. The number of aryl methyl sites for hydroxylation is 2. The second-order valence-electron chi connectivity index (χ2n) is 3.16. The number of anilines is 1. The summed E-state index contributed by atoms with van der Waals surface area (Å²) in [6.45, 7) is 2.52. The third-order valence-corrected chi connectivity index (χ3v) is 1.85. The summed E-state index contributed by atoms with van der Waals surface area (Å²) in [6.07, 6.45) is 1.91. The Morgan fingerprint density at radius 2 is 2.43 bits per heavy atom. The van der Waals surface area contributed by atoms with E-state index < -0.39 is 0 Å². The lowest BCUT2D eigenvalue weighted by Crippen LogP contribution is -2.01. The fourth-order valence-electron chi connectivity index (χ4n) is 1.19. The molecule has 5 nitrogen and oxygen atoms in total. The highest BCUT2D eigenvalue weighted by Gasteiger charge is 2.00. The molecule has 14 heavy (non-hydrogen) atoms. The summed E-state index contributed by atoms with van der Waals surface area (Å²) in [7, 11) is 1.89. The van der Waals surface area contributed by atoms with Crippen molar-refractivity contribution in [1.29, 1.82) is 0 Å². The van der Waals surface area contributed by atoms with Gasteiger partial charge in [0.2, 0.25) is 0 Å². The average molecular weight is 192 g/mol. The van der Waals surface area contributed by atoms with Gasteiger partial charge in [0, 0.05) is 19.3 Å². The van der Waals surface area contributed by atoms with Gasteiger partial charge in [0.05, 0.1) is 12.2 Å².